The second-order valence-electron chi connectivity index (χ2n) is 18.0. The van der Waals surface area contributed by atoms with Crippen LogP contribution in [0.5, 0.6) is 0 Å². The molecule has 4 heteroatoms. The van der Waals surface area contributed by atoms with Crippen LogP contribution in [0.15, 0.2) is 237 Å². The van der Waals surface area contributed by atoms with Crippen LogP contribution in [-0.2, 0) is 0 Å². The highest BCUT2D eigenvalue weighted by Crippen LogP contribution is 2.59. The SMILES string of the molecule is C1=CC2c3cccc(-c4ccc(-n5c6ccccc6c6ccccc65)c5ccccc45)c3N(c3ccc(-c4nc(-c5ccccc5)cc(-c5cccc6ccccc56)n4)cc3)C2c2ccccc21. The summed E-state index contributed by atoms with van der Waals surface area (Å²) in [6, 6.07) is 83.6. The van der Waals surface area contributed by atoms with E-state index in [0.717, 1.165) is 33.8 Å². The maximum absolute atomic E-state index is 5.31. The van der Waals surface area contributed by atoms with Crippen molar-refractivity contribution in [3.63, 3.8) is 0 Å². The van der Waals surface area contributed by atoms with Crippen molar-refractivity contribution in [1.29, 1.82) is 0 Å². The minimum Gasteiger partial charge on any atom is -0.332 e. The smallest absolute Gasteiger partial charge is 0.160 e. The molecular formula is C64H42N4. The lowest BCUT2D eigenvalue weighted by Gasteiger charge is -2.34. The van der Waals surface area contributed by atoms with Crippen LogP contribution in [0.4, 0.5) is 11.4 Å². The highest BCUT2D eigenvalue weighted by molar-refractivity contribution is 6.12. The maximum atomic E-state index is 5.31. The zero-order chi connectivity index (χ0) is 44.7. The Hall–Kier alpha value is -8.86. The van der Waals surface area contributed by atoms with E-state index in [9.17, 15) is 0 Å². The van der Waals surface area contributed by atoms with E-state index in [2.05, 4.69) is 246 Å². The van der Waals surface area contributed by atoms with E-state index in [1.165, 1.54) is 82.5 Å². The minimum atomic E-state index is 0.0666. The van der Waals surface area contributed by atoms with E-state index >= 15 is 0 Å². The lowest BCUT2D eigenvalue weighted by atomic mass is 9.82. The van der Waals surface area contributed by atoms with Gasteiger partial charge >= 0.3 is 0 Å². The summed E-state index contributed by atoms with van der Waals surface area (Å²) >= 11 is 0. The Kier molecular flexibility index (Phi) is 8.68. The third-order valence-corrected chi connectivity index (χ3v) is 14.4. The minimum absolute atomic E-state index is 0.0666. The summed E-state index contributed by atoms with van der Waals surface area (Å²) in [4.78, 5) is 13.2. The molecule has 2 unspecified atom stereocenters. The first-order valence-corrected chi connectivity index (χ1v) is 23.5. The van der Waals surface area contributed by atoms with Crippen molar-refractivity contribution in [3.05, 3.63) is 253 Å². The Bertz CT molecular complexity index is 3940. The predicted molar refractivity (Wildman–Crippen MR) is 283 cm³/mol. The molecule has 0 bridgehead atoms. The molecule has 0 radical (unpaired) electrons. The number of hydrogen-bond donors (Lipinski definition) is 0. The number of aromatic nitrogens is 3. The Morgan fingerprint density at radius 2 is 1.01 bits per heavy atom. The van der Waals surface area contributed by atoms with Crippen molar-refractivity contribution in [3.8, 4) is 50.7 Å². The van der Waals surface area contributed by atoms with Crippen molar-refractivity contribution in [2.75, 3.05) is 4.90 Å². The van der Waals surface area contributed by atoms with Gasteiger partial charge in [-0.15, -0.1) is 0 Å². The molecule has 318 valence electrons. The molecule has 1 aliphatic heterocycles. The first-order valence-electron chi connectivity index (χ1n) is 23.5. The topological polar surface area (TPSA) is 34.0 Å². The molecule has 0 saturated carbocycles. The van der Waals surface area contributed by atoms with Gasteiger partial charge < -0.3 is 9.47 Å². The maximum Gasteiger partial charge on any atom is 0.160 e. The van der Waals surface area contributed by atoms with Gasteiger partial charge in [0.05, 0.1) is 39.8 Å². The molecule has 0 spiro atoms. The number of rotatable bonds is 6. The Morgan fingerprint density at radius 1 is 0.397 bits per heavy atom. The number of para-hydroxylation sites is 3. The molecule has 14 rings (SSSR count). The third-order valence-electron chi connectivity index (χ3n) is 14.4. The lowest BCUT2D eigenvalue weighted by Crippen LogP contribution is -2.24. The van der Waals surface area contributed by atoms with E-state index in [1.54, 1.807) is 0 Å². The summed E-state index contributed by atoms with van der Waals surface area (Å²) in [6.07, 6.45) is 4.74. The second kappa shape index (κ2) is 15.4. The van der Waals surface area contributed by atoms with Crippen molar-refractivity contribution in [1.82, 2.24) is 14.5 Å². The second-order valence-corrected chi connectivity index (χ2v) is 18.0. The van der Waals surface area contributed by atoms with E-state index in [1.807, 2.05) is 6.07 Å². The van der Waals surface area contributed by atoms with Crippen LogP contribution in [0.3, 0.4) is 0 Å². The lowest BCUT2D eigenvalue weighted by molar-refractivity contribution is 0.667. The van der Waals surface area contributed by atoms with Crippen molar-refractivity contribution in [2.45, 2.75) is 12.0 Å². The van der Waals surface area contributed by atoms with Crippen molar-refractivity contribution < 1.29 is 0 Å². The standard InChI is InChI=1S/C64H42N4/c1-2-18-43(19-3-1)57-40-58(50-27-14-20-41-16-4-6-21-46(41)50)66-64(65-57)44-32-35-45(36-33-44)67-62-47-22-7-5-17-42(47)34-37-56(62)55-29-15-28-54(63(55)67)49-38-39-61(51-24-9-8-23-48(49)51)68-59-30-12-10-25-52(59)53-26-11-13-31-60(53)68/h1-40,56,62H. The average Bonchev–Trinajstić information content (AvgIpc) is 3.94. The highest BCUT2D eigenvalue weighted by atomic mass is 15.2. The predicted octanol–water partition coefficient (Wildman–Crippen LogP) is 16.6. The first kappa shape index (κ1) is 38.4. The van der Waals surface area contributed by atoms with Crippen molar-refractivity contribution >= 4 is 60.8 Å². The molecule has 0 amide bonds. The van der Waals surface area contributed by atoms with Crippen LogP contribution < -0.4 is 4.90 Å². The van der Waals surface area contributed by atoms with Crippen LogP contribution in [0, 0.1) is 0 Å². The fourth-order valence-corrected chi connectivity index (χ4v) is 11.3. The molecule has 1 aliphatic carbocycles. The van der Waals surface area contributed by atoms with Gasteiger partial charge in [0, 0.05) is 50.0 Å². The molecule has 10 aromatic carbocycles. The summed E-state index contributed by atoms with van der Waals surface area (Å²) in [7, 11) is 0. The van der Waals surface area contributed by atoms with E-state index in [4.69, 9.17) is 9.97 Å². The monoisotopic (exact) mass is 866 g/mol. The third kappa shape index (κ3) is 5.94. The van der Waals surface area contributed by atoms with Gasteiger partial charge in [-0.2, -0.15) is 0 Å². The molecule has 2 aliphatic rings. The molecule has 2 atom stereocenters. The average molecular weight is 867 g/mol. The fourth-order valence-electron chi connectivity index (χ4n) is 11.3. The van der Waals surface area contributed by atoms with E-state index < -0.39 is 0 Å². The summed E-state index contributed by atoms with van der Waals surface area (Å²) in [6.45, 7) is 0. The largest absolute Gasteiger partial charge is 0.332 e. The van der Waals surface area contributed by atoms with E-state index in [0.29, 0.717) is 5.82 Å². The van der Waals surface area contributed by atoms with Gasteiger partial charge in [0.25, 0.3) is 0 Å². The highest BCUT2D eigenvalue weighted by Gasteiger charge is 2.43. The Labute approximate surface area is 394 Å². The number of anilines is 2. The van der Waals surface area contributed by atoms with Crippen LogP contribution in [-0.4, -0.2) is 14.5 Å². The number of benzene rings is 10. The van der Waals surface area contributed by atoms with Gasteiger partial charge in [-0.3, -0.25) is 0 Å². The Balaban J connectivity index is 0.937. The molecule has 3 heterocycles. The molecule has 0 saturated heterocycles. The van der Waals surface area contributed by atoms with Gasteiger partial charge in [-0.1, -0.05) is 194 Å². The van der Waals surface area contributed by atoms with Gasteiger partial charge in [0.1, 0.15) is 0 Å². The molecule has 0 N–H and O–H groups in total. The molecular weight excluding hydrogens is 825 g/mol. The zero-order valence-electron chi connectivity index (χ0n) is 37.0. The molecule has 0 fully saturated rings. The van der Waals surface area contributed by atoms with Crippen molar-refractivity contribution in [2.24, 2.45) is 0 Å². The van der Waals surface area contributed by atoms with Gasteiger partial charge in [-0.25, -0.2) is 9.97 Å². The number of fused-ring (bicyclic) bond motifs is 10. The molecule has 68 heavy (non-hydrogen) atoms. The zero-order valence-corrected chi connectivity index (χ0v) is 37.0. The van der Waals surface area contributed by atoms with Crippen LogP contribution >= 0.6 is 0 Å². The molecule has 2 aromatic heterocycles. The van der Waals surface area contributed by atoms with Crippen LogP contribution in [0.1, 0.15) is 28.7 Å². The Morgan fingerprint density at radius 3 is 1.82 bits per heavy atom. The quantitative estimate of drug-likeness (QED) is 0.167. The summed E-state index contributed by atoms with van der Waals surface area (Å²) < 4.78 is 2.45. The van der Waals surface area contributed by atoms with Gasteiger partial charge in [0.2, 0.25) is 0 Å². The van der Waals surface area contributed by atoms with Crippen LogP contribution in [0.25, 0.3) is 100 Å². The van der Waals surface area contributed by atoms with Gasteiger partial charge in [-0.05, 0) is 86.9 Å². The number of hydrogen-bond acceptors (Lipinski definition) is 3. The summed E-state index contributed by atoms with van der Waals surface area (Å²) in [5, 5.41) is 7.31. The fraction of sp³-hybridized carbons (Fsp3) is 0.0312. The molecule has 4 nitrogen and oxygen atoms in total. The first-order chi connectivity index (χ1) is 33.7. The van der Waals surface area contributed by atoms with Gasteiger partial charge in [0.15, 0.2) is 5.82 Å². The van der Waals surface area contributed by atoms with Crippen LogP contribution in [0.2, 0.25) is 0 Å². The molecule has 12 aromatic rings. The number of nitrogens with zero attached hydrogens (tertiary/aromatic N) is 4. The van der Waals surface area contributed by atoms with E-state index in [-0.39, 0.29) is 12.0 Å². The summed E-state index contributed by atoms with van der Waals surface area (Å²) in [5.74, 6) is 0.860. The normalized spacial score (nSPS) is 15.0. The summed E-state index contributed by atoms with van der Waals surface area (Å²) in [5.41, 5.74) is 17.2.